The second kappa shape index (κ2) is 8.03. The molecule has 1 aliphatic carbocycles. The molecule has 2 N–H and O–H groups in total. The number of alkyl halides is 3. The molecule has 0 aliphatic heterocycles. The number of benzene rings is 3. The number of fused-ring (bicyclic) bond motifs is 1. The number of aromatic nitrogens is 2. The Morgan fingerprint density at radius 2 is 1.73 bits per heavy atom. The van der Waals surface area contributed by atoms with Crippen molar-refractivity contribution in [3.05, 3.63) is 101 Å². The van der Waals surface area contributed by atoms with E-state index in [-0.39, 0.29) is 34.6 Å². The number of aromatic amines is 1. The number of carbonyl (C=O) groups excluding carboxylic acids is 1. The monoisotopic (exact) mass is 453 g/mol. The number of carbonyl (C=O) groups is 1. The van der Waals surface area contributed by atoms with E-state index in [1.807, 2.05) is 30.3 Å². The number of nitrogens with one attached hydrogen (secondary N) is 2. The highest BCUT2D eigenvalue weighted by atomic mass is 19.4. The Morgan fingerprint density at radius 3 is 2.42 bits per heavy atom. The Balaban J connectivity index is 1.42. The summed E-state index contributed by atoms with van der Waals surface area (Å²) in [6, 6.07) is 19.6. The summed E-state index contributed by atoms with van der Waals surface area (Å²) in [4.78, 5) is 19.0. The summed E-state index contributed by atoms with van der Waals surface area (Å²) in [6.45, 7) is 0. The number of hydrogen-bond acceptors (Lipinski definition) is 2. The van der Waals surface area contributed by atoms with Crippen LogP contribution in [0.25, 0.3) is 11.0 Å². The van der Waals surface area contributed by atoms with Gasteiger partial charge >= 0.3 is 6.18 Å². The minimum Gasteiger partial charge on any atom is -0.345 e. The number of amides is 1. The molecule has 0 spiro atoms. The molecule has 3 atom stereocenters. The third-order valence-corrected chi connectivity index (χ3v) is 5.95. The van der Waals surface area contributed by atoms with Crippen molar-refractivity contribution in [3.63, 3.8) is 0 Å². The molecule has 4 nitrogen and oxygen atoms in total. The molecule has 0 radical (unpaired) electrons. The minimum absolute atomic E-state index is 0.0199. The Kier molecular flexibility index (Phi) is 5.15. The first-order valence-electron chi connectivity index (χ1n) is 10.5. The molecule has 1 amide bonds. The normalized spacial score (nSPS) is 18.8. The fourth-order valence-electron chi connectivity index (χ4n) is 4.16. The van der Waals surface area contributed by atoms with Crippen molar-refractivity contribution in [3.8, 4) is 0 Å². The maximum absolute atomic E-state index is 13.2. The third kappa shape index (κ3) is 4.33. The zero-order valence-corrected chi connectivity index (χ0v) is 17.2. The smallest absolute Gasteiger partial charge is 0.345 e. The lowest BCUT2D eigenvalue weighted by Gasteiger charge is -2.20. The maximum Gasteiger partial charge on any atom is 0.449 e. The summed E-state index contributed by atoms with van der Waals surface area (Å²) in [6.07, 6.45) is -3.92. The molecule has 1 fully saturated rings. The zero-order chi connectivity index (χ0) is 23.2. The van der Waals surface area contributed by atoms with Gasteiger partial charge in [-0.15, -0.1) is 0 Å². The van der Waals surface area contributed by atoms with Crippen molar-refractivity contribution in [1.82, 2.24) is 15.3 Å². The summed E-state index contributed by atoms with van der Waals surface area (Å²) < 4.78 is 52.3. The largest absolute Gasteiger partial charge is 0.449 e. The van der Waals surface area contributed by atoms with Crippen LogP contribution in [0.15, 0.2) is 72.8 Å². The Bertz CT molecular complexity index is 1300. The first kappa shape index (κ1) is 21.2. The van der Waals surface area contributed by atoms with Crippen molar-refractivity contribution in [2.24, 2.45) is 5.92 Å². The molecular formula is C25H19F4N3O. The third-order valence-electron chi connectivity index (χ3n) is 5.95. The van der Waals surface area contributed by atoms with E-state index in [1.54, 1.807) is 24.3 Å². The van der Waals surface area contributed by atoms with Gasteiger partial charge in [0.2, 0.25) is 11.7 Å². The number of nitrogens with zero attached hydrogens (tertiary/aromatic N) is 1. The van der Waals surface area contributed by atoms with E-state index in [9.17, 15) is 22.4 Å². The lowest BCUT2D eigenvalue weighted by molar-refractivity contribution is -0.144. The second-order valence-electron chi connectivity index (χ2n) is 8.21. The predicted molar refractivity (Wildman–Crippen MR) is 115 cm³/mol. The standard InChI is InChI=1S/C25H19F4N3O/c26-17-9-6-14(7-10-17)18-13-19(18)23(33)32-22(15-4-2-1-3-5-15)16-8-11-20-21(12-16)31-24(30-20)25(27,28)29/h1-12,18-19,22H,13H2,(H,30,31)(H,32,33). The number of H-pyrrole nitrogens is 1. The lowest BCUT2D eigenvalue weighted by Crippen LogP contribution is -2.30. The molecule has 5 rings (SSSR count). The second-order valence-corrected chi connectivity index (χ2v) is 8.21. The van der Waals surface area contributed by atoms with Gasteiger partial charge in [0, 0.05) is 5.92 Å². The van der Waals surface area contributed by atoms with E-state index in [2.05, 4.69) is 15.3 Å². The van der Waals surface area contributed by atoms with Crippen LogP contribution in [0.4, 0.5) is 17.6 Å². The van der Waals surface area contributed by atoms with Crippen molar-refractivity contribution < 1.29 is 22.4 Å². The Hall–Kier alpha value is -3.68. The van der Waals surface area contributed by atoms with Gasteiger partial charge in [0.1, 0.15) is 5.82 Å². The van der Waals surface area contributed by atoms with Crippen molar-refractivity contribution in [1.29, 1.82) is 0 Å². The van der Waals surface area contributed by atoms with Gasteiger partial charge in [0.05, 0.1) is 17.1 Å². The van der Waals surface area contributed by atoms with Gasteiger partial charge in [-0.1, -0.05) is 48.5 Å². The fraction of sp³-hybridized carbons (Fsp3) is 0.200. The van der Waals surface area contributed by atoms with Gasteiger partial charge in [-0.05, 0) is 53.3 Å². The molecular weight excluding hydrogens is 434 g/mol. The molecule has 168 valence electrons. The van der Waals surface area contributed by atoms with E-state index in [0.29, 0.717) is 12.0 Å². The van der Waals surface area contributed by atoms with Crippen LogP contribution < -0.4 is 5.32 Å². The molecule has 1 saturated carbocycles. The molecule has 1 heterocycles. The maximum atomic E-state index is 13.2. The first-order valence-corrected chi connectivity index (χ1v) is 10.5. The van der Waals surface area contributed by atoms with Crippen LogP contribution in [-0.4, -0.2) is 15.9 Å². The van der Waals surface area contributed by atoms with Gasteiger partial charge in [-0.2, -0.15) is 13.2 Å². The number of rotatable bonds is 5. The summed E-state index contributed by atoms with van der Waals surface area (Å²) >= 11 is 0. The average molecular weight is 453 g/mol. The van der Waals surface area contributed by atoms with Crippen molar-refractivity contribution >= 4 is 16.9 Å². The highest BCUT2D eigenvalue weighted by Gasteiger charge is 2.44. The SMILES string of the molecule is O=C(NC(c1ccccc1)c1ccc2nc(C(F)(F)F)[nH]c2c1)C1CC1c1ccc(F)cc1. The summed E-state index contributed by atoms with van der Waals surface area (Å²) in [7, 11) is 0. The number of halogens is 4. The van der Waals surface area contributed by atoms with Crippen LogP contribution in [-0.2, 0) is 11.0 Å². The van der Waals surface area contributed by atoms with Crippen LogP contribution in [0.5, 0.6) is 0 Å². The van der Waals surface area contributed by atoms with Crippen LogP contribution in [0.1, 0.15) is 40.9 Å². The van der Waals surface area contributed by atoms with E-state index in [4.69, 9.17) is 0 Å². The van der Waals surface area contributed by atoms with Crippen LogP contribution >= 0.6 is 0 Å². The molecule has 33 heavy (non-hydrogen) atoms. The van der Waals surface area contributed by atoms with Gasteiger partial charge in [0.15, 0.2) is 0 Å². The minimum atomic E-state index is -4.58. The van der Waals surface area contributed by atoms with Crippen LogP contribution in [0, 0.1) is 11.7 Å². The van der Waals surface area contributed by atoms with E-state index in [0.717, 1.165) is 11.1 Å². The topological polar surface area (TPSA) is 57.8 Å². The van der Waals surface area contributed by atoms with Gasteiger partial charge < -0.3 is 10.3 Å². The summed E-state index contributed by atoms with van der Waals surface area (Å²) in [5.41, 5.74) is 2.79. The molecule has 0 saturated heterocycles. The first-order chi connectivity index (χ1) is 15.8. The molecule has 3 unspecified atom stereocenters. The van der Waals surface area contributed by atoms with Gasteiger partial charge in [-0.25, -0.2) is 9.37 Å². The number of imidazole rings is 1. The molecule has 0 bridgehead atoms. The molecule has 1 aliphatic rings. The van der Waals surface area contributed by atoms with Crippen molar-refractivity contribution in [2.45, 2.75) is 24.6 Å². The summed E-state index contributed by atoms with van der Waals surface area (Å²) in [5.74, 6) is -1.76. The highest BCUT2D eigenvalue weighted by molar-refractivity contribution is 5.84. The van der Waals surface area contributed by atoms with Crippen molar-refractivity contribution in [2.75, 3.05) is 0 Å². The quantitative estimate of drug-likeness (QED) is 0.379. The average Bonchev–Trinajstić information content (AvgIpc) is 3.48. The van der Waals surface area contributed by atoms with E-state index < -0.39 is 18.0 Å². The van der Waals surface area contributed by atoms with Gasteiger partial charge in [0.25, 0.3) is 0 Å². The molecule has 1 aromatic heterocycles. The Labute approximate surface area is 186 Å². The van der Waals surface area contributed by atoms with E-state index >= 15 is 0 Å². The summed E-state index contributed by atoms with van der Waals surface area (Å²) in [5, 5.41) is 3.05. The Morgan fingerprint density at radius 1 is 1.00 bits per heavy atom. The fourth-order valence-corrected chi connectivity index (χ4v) is 4.16. The van der Waals surface area contributed by atoms with Gasteiger partial charge in [-0.3, -0.25) is 4.79 Å². The van der Waals surface area contributed by atoms with Crippen LogP contribution in [0.2, 0.25) is 0 Å². The zero-order valence-electron chi connectivity index (χ0n) is 17.2. The molecule has 3 aromatic carbocycles. The number of hydrogen-bond donors (Lipinski definition) is 2. The lowest BCUT2D eigenvalue weighted by atomic mass is 9.97. The highest BCUT2D eigenvalue weighted by Crippen LogP contribution is 2.48. The molecule has 4 aromatic rings. The van der Waals surface area contributed by atoms with E-state index in [1.165, 1.54) is 18.2 Å². The molecule has 8 heteroatoms. The predicted octanol–water partition coefficient (Wildman–Crippen LogP) is 5.73. The van der Waals surface area contributed by atoms with Crippen LogP contribution in [0.3, 0.4) is 0 Å².